The van der Waals surface area contributed by atoms with E-state index in [-0.39, 0.29) is 11.6 Å². The minimum absolute atomic E-state index is 0.0359. The summed E-state index contributed by atoms with van der Waals surface area (Å²) in [6, 6.07) is 16.7. The quantitative estimate of drug-likeness (QED) is 0.449. The fraction of sp³-hybridized carbons (Fsp3) is 0.273. The van der Waals surface area contributed by atoms with Crippen LogP contribution in [0.4, 0.5) is 5.69 Å². The standard InChI is InChI=1S/C22H24N4O3/c1-16-19(12-7-13-20(16)26(28)29)22(27)24(2)14-8-11-18-15-21(25(3)23-18)17-9-5-4-6-10-17/h4-7,9-10,12-13,15H,8,11,14H2,1-3H3. The van der Waals surface area contributed by atoms with Crippen LogP contribution in [-0.4, -0.2) is 39.1 Å². The van der Waals surface area contributed by atoms with Gasteiger partial charge < -0.3 is 4.90 Å². The van der Waals surface area contributed by atoms with Crippen molar-refractivity contribution in [3.05, 3.63) is 81.5 Å². The van der Waals surface area contributed by atoms with Crippen LogP contribution < -0.4 is 0 Å². The zero-order valence-electron chi connectivity index (χ0n) is 16.8. The van der Waals surface area contributed by atoms with Crippen LogP contribution in [0.25, 0.3) is 11.3 Å². The number of hydrogen-bond acceptors (Lipinski definition) is 4. The van der Waals surface area contributed by atoms with Gasteiger partial charge in [0, 0.05) is 37.8 Å². The Morgan fingerprint density at radius 3 is 2.59 bits per heavy atom. The third-order valence-corrected chi connectivity index (χ3v) is 5.01. The normalized spacial score (nSPS) is 10.7. The van der Waals surface area contributed by atoms with Gasteiger partial charge in [0.15, 0.2) is 0 Å². The minimum atomic E-state index is -0.461. The Bertz CT molecular complexity index is 1030. The van der Waals surface area contributed by atoms with Crippen LogP contribution in [0.3, 0.4) is 0 Å². The highest BCUT2D eigenvalue weighted by molar-refractivity contribution is 5.96. The molecule has 7 heteroatoms. The van der Waals surface area contributed by atoms with Crippen molar-refractivity contribution in [3.8, 4) is 11.3 Å². The highest BCUT2D eigenvalue weighted by Crippen LogP contribution is 2.23. The lowest BCUT2D eigenvalue weighted by atomic mass is 10.1. The second-order valence-corrected chi connectivity index (χ2v) is 7.05. The number of amides is 1. The molecule has 0 spiro atoms. The van der Waals surface area contributed by atoms with Crippen molar-refractivity contribution in [2.75, 3.05) is 13.6 Å². The van der Waals surface area contributed by atoms with Gasteiger partial charge in [-0.1, -0.05) is 36.4 Å². The third-order valence-electron chi connectivity index (χ3n) is 5.01. The van der Waals surface area contributed by atoms with Crippen molar-refractivity contribution in [1.82, 2.24) is 14.7 Å². The molecule has 0 N–H and O–H groups in total. The Balaban J connectivity index is 1.62. The highest BCUT2D eigenvalue weighted by atomic mass is 16.6. The molecule has 0 unspecified atom stereocenters. The molecule has 3 rings (SSSR count). The van der Waals surface area contributed by atoms with Crippen molar-refractivity contribution >= 4 is 11.6 Å². The predicted molar refractivity (Wildman–Crippen MR) is 112 cm³/mol. The van der Waals surface area contributed by atoms with Gasteiger partial charge in [-0.2, -0.15) is 5.10 Å². The zero-order chi connectivity index (χ0) is 21.0. The molecule has 0 bridgehead atoms. The van der Waals surface area contributed by atoms with Gasteiger partial charge in [-0.25, -0.2) is 0 Å². The predicted octanol–water partition coefficient (Wildman–Crippen LogP) is 4.01. The summed E-state index contributed by atoms with van der Waals surface area (Å²) in [4.78, 5) is 25.0. The first-order valence-electron chi connectivity index (χ1n) is 9.46. The van der Waals surface area contributed by atoms with E-state index >= 15 is 0 Å². The maximum absolute atomic E-state index is 12.7. The zero-order valence-corrected chi connectivity index (χ0v) is 16.8. The van der Waals surface area contributed by atoms with Crippen LogP contribution in [-0.2, 0) is 13.5 Å². The van der Waals surface area contributed by atoms with Crippen molar-refractivity contribution in [2.24, 2.45) is 7.05 Å². The van der Waals surface area contributed by atoms with Crippen LogP contribution >= 0.6 is 0 Å². The monoisotopic (exact) mass is 392 g/mol. The summed E-state index contributed by atoms with van der Waals surface area (Å²) >= 11 is 0. The van der Waals surface area contributed by atoms with E-state index in [9.17, 15) is 14.9 Å². The lowest BCUT2D eigenvalue weighted by Gasteiger charge is -2.18. The molecule has 0 saturated carbocycles. The summed E-state index contributed by atoms with van der Waals surface area (Å²) in [5, 5.41) is 15.7. The Morgan fingerprint density at radius 2 is 1.90 bits per heavy atom. The lowest BCUT2D eigenvalue weighted by Crippen LogP contribution is -2.28. The van der Waals surface area contributed by atoms with Gasteiger partial charge in [-0.15, -0.1) is 0 Å². The molecular weight excluding hydrogens is 368 g/mol. The van der Waals surface area contributed by atoms with Crippen molar-refractivity contribution in [1.29, 1.82) is 0 Å². The number of nitrogens with zero attached hydrogens (tertiary/aromatic N) is 4. The van der Waals surface area contributed by atoms with Crippen LogP contribution in [0.1, 0.15) is 28.0 Å². The lowest BCUT2D eigenvalue weighted by molar-refractivity contribution is -0.385. The molecule has 2 aromatic carbocycles. The summed E-state index contributed by atoms with van der Waals surface area (Å²) in [6.07, 6.45) is 1.49. The van der Waals surface area contributed by atoms with Crippen molar-refractivity contribution < 1.29 is 9.72 Å². The summed E-state index contributed by atoms with van der Waals surface area (Å²) < 4.78 is 1.87. The average molecular weight is 392 g/mol. The van der Waals surface area contributed by atoms with Gasteiger partial charge in [0.05, 0.1) is 16.3 Å². The molecule has 0 aliphatic heterocycles. The van der Waals surface area contributed by atoms with Gasteiger partial charge in [0.25, 0.3) is 11.6 Å². The Kier molecular flexibility index (Phi) is 6.07. The first-order valence-corrected chi connectivity index (χ1v) is 9.46. The average Bonchev–Trinajstić information content (AvgIpc) is 3.08. The van der Waals surface area contributed by atoms with E-state index in [0.29, 0.717) is 17.7 Å². The van der Waals surface area contributed by atoms with E-state index < -0.39 is 4.92 Å². The molecule has 1 amide bonds. The number of aryl methyl sites for hydroxylation is 2. The second-order valence-electron chi connectivity index (χ2n) is 7.05. The number of carbonyl (C=O) groups excluding carboxylic acids is 1. The summed E-state index contributed by atoms with van der Waals surface area (Å²) in [6.45, 7) is 2.15. The Morgan fingerprint density at radius 1 is 1.17 bits per heavy atom. The number of nitro groups is 1. The van der Waals surface area contributed by atoms with E-state index in [1.165, 1.54) is 6.07 Å². The van der Waals surface area contributed by atoms with E-state index in [4.69, 9.17) is 0 Å². The third kappa shape index (κ3) is 4.51. The molecule has 0 aliphatic rings. The molecule has 1 heterocycles. The number of carbonyl (C=O) groups is 1. The van der Waals surface area contributed by atoms with E-state index in [1.54, 1.807) is 31.0 Å². The molecular formula is C22H24N4O3. The highest BCUT2D eigenvalue weighted by Gasteiger charge is 2.20. The van der Waals surface area contributed by atoms with Crippen LogP contribution in [0, 0.1) is 17.0 Å². The molecule has 7 nitrogen and oxygen atoms in total. The molecule has 0 aliphatic carbocycles. The van der Waals surface area contributed by atoms with Gasteiger partial charge in [0.1, 0.15) is 0 Å². The Labute approximate surface area is 169 Å². The molecule has 0 saturated heterocycles. The van der Waals surface area contributed by atoms with E-state index in [1.807, 2.05) is 29.9 Å². The molecule has 0 radical (unpaired) electrons. The molecule has 1 aromatic heterocycles. The Hall–Kier alpha value is -3.48. The summed E-state index contributed by atoms with van der Waals surface area (Å²) in [5.41, 5.74) is 3.86. The van der Waals surface area contributed by atoms with Crippen LogP contribution in [0.15, 0.2) is 54.6 Å². The molecule has 150 valence electrons. The number of aromatic nitrogens is 2. The van der Waals surface area contributed by atoms with E-state index in [2.05, 4.69) is 23.3 Å². The molecule has 0 atom stereocenters. The number of hydrogen-bond donors (Lipinski definition) is 0. The smallest absolute Gasteiger partial charge is 0.273 e. The van der Waals surface area contributed by atoms with E-state index in [0.717, 1.165) is 29.8 Å². The van der Waals surface area contributed by atoms with Gasteiger partial charge >= 0.3 is 0 Å². The second kappa shape index (κ2) is 8.68. The number of nitro benzene ring substituents is 1. The fourth-order valence-corrected chi connectivity index (χ4v) is 3.39. The maximum atomic E-state index is 12.7. The first-order chi connectivity index (χ1) is 13.9. The molecule has 3 aromatic rings. The number of rotatable bonds is 7. The molecule has 29 heavy (non-hydrogen) atoms. The fourth-order valence-electron chi connectivity index (χ4n) is 3.39. The van der Waals surface area contributed by atoms with Crippen LogP contribution in [0.2, 0.25) is 0 Å². The van der Waals surface area contributed by atoms with Crippen LogP contribution in [0.5, 0.6) is 0 Å². The maximum Gasteiger partial charge on any atom is 0.273 e. The van der Waals surface area contributed by atoms with Gasteiger partial charge in [-0.05, 0) is 37.5 Å². The SMILES string of the molecule is Cc1c(C(=O)N(C)CCCc2cc(-c3ccccc3)n(C)n2)cccc1[N+](=O)[O-]. The summed E-state index contributed by atoms with van der Waals surface area (Å²) in [7, 11) is 3.64. The topological polar surface area (TPSA) is 81.3 Å². The van der Waals surface area contributed by atoms with Crippen molar-refractivity contribution in [2.45, 2.75) is 19.8 Å². The minimum Gasteiger partial charge on any atom is -0.342 e. The van der Waals surface area contributed by atoms with Gasteiger partial charge in [-0.3, -0.25) is 19.6 Å². The molecule has 0 fully saturated rings. The van der Waals surface area contributed by atoms with Crippen molar-refractivity contribution in [3.63, 3.8) is 0 Å². The van der Waals surface area contributed by atoms with Gasteiger partial charge in [0.2, 0.25) is 0 Å². The largest absolute Gasteiger partial charge is 0.342 e. The number of benzene rings is 2. The first kappa shape index (κ1) is 20.3. The summed E-state index contributed by atoms with van der Waals surface area (Å²) in [5.74, 6) is -0.211.